The van der Waals surface area contributed by atoms with Crippen molar-refractivity contribution in [3.63, 3.8) is 0 Å². The maximum Gasteiger partial charge on any atom is 2.00 e. The molecule has 14 nitrogen and oxygen atoms in total. The van der Waals surface area contributed by atoms with Crippen LogP contribution in [0.25, 0.3) is 21.3 Å². The van der Waals surface area contributed by atoms with E-state index in [1.54, 1.807) is 0 Å². The Labute approximate surface area is 275 Å². The summed E-state index contributed by atoms with van der Waals surface area (Å²) in [7, 11) is 0. The summed E-state index contributed by atoms with van der Waals surface area (Å²) in [4.78, 5) is 0. The van der Waals surface area contributed by atoms with Crippen LogP contribution in [0.1, 0.15) is 77.0 Å². The number of nitrogens with zero attached hydrogens (tertiary/aromatic N) is 4. The third-order valence-electron chi connectivity index (χ3n) is 6.51. The summed E-state index contributed by atoms with van der Waals surface area (Å²) < 4.78 is 0. The van der Waals surface area contributed by atoms with Gasteiger partial charge in [0, 0.05) is 17.1 Å². The molecule has 0 bridgehead atoms. The molecule has 4 unspecified atom stereocenters. The second kappa shape index (κ2) is 32.4. The topological polar surface area (TPSA) is 281 Å². The zero-order valence-electron chi connectivity index (χ0n) is 23.2. The zero-order chi connectivity index (χ0) is 26.8. The minimum Gasteiger partial charge on any atom is -0.661 e. The van der Waals surface area contributed by atoms with Gasteiger partial charge in [-0.1, -0.05) is 77.0 Å². The van der Waals surface area contributed by atoms with Crippen molar-refractivity contribution in [1.82, 2.24) is 0 Å². The van der Waals surface area contributed by atoms with E-state index in [4.69, 9.17) is 40.9 Å². The van der Waals surface area contributed by atoms with E-state index in [0.29, 0.717) is 24.2 Å². The van der Waals surface area contributed by atoms with Gasteiger partial charge in [0.1, 0.15) is 0 Å². The molecule has 0 amide bonds. The van der Waals surface area contributed by atoms with Gasteiger partial charge in [0.25, 0.3) is 0 Å². The first kappa shape index (κ1) is 51.6. The van der Waals surface area contributed by atoms with E-state index in [0.717, 1.165) is 26.2 Å². The van der Waals surface area contributed by atoms with Crippen molar-refractivity contribution < 1.29 is 103 Å². The van der Waals surface area contributed by atoms with Crippen molar-refractivity contribution in [1.29, 1.82) is 0 Å². The molecule has 12 N–H and O–H groups in total. The van der Waals surface area contributed by atoms with E-state index >= 15 is 0 Å². The van der Waals surface area contributed by atoms with E-state index in [2.05, 4.69) is 21.3 Å². The van der Waals surface area contributed by atoms with Crippen LogP contribution in [0.5, 0.6) is 0 Å². The molecule has 3 radical (unpaired) electrons. The summed E-state index contributed by atoms with van der Waals surface area (Å²) in [5, 5.41) is 80.1. The zero-order valence-corrected chi connectivity index (χ0v) is 26.0. The molecule has 4 rings (SSSR count). The number of piperidine rings is 4. The molecule has 0 spiro atoms. The molecular formula is C24H52Cu3N4O10. The number of rotatable bonds is 4. The second-order valence-corrected chi connectivity index (χ2v) is 9.53. The van der Waals surface area contributed by atoms with E-state index in [1.165, 1.54) is 77.0 Å². The molecule has 4 atom stereocenters. The number of hydrogen-bond acceptors (Lipinski definition) is 8. The quantitative estimate of drug-likeness (QED) is 0.133. The molecule has 4 fully saturated rings. The van der Waals surface area contributed by atoms with Crippen molar-refractivity contribution >= 4 is 0 Å². The van der Waals surface area contributed by atoms with Crippen LogP contribution < -0.4 is 0 Å². The molecule has 41 heavy (non-hydrogen) atoms. The molecule has 0 aromatic heterocycles. The van der Waals surface area contributed by atoms with Gasteiger partial charge in [0.15, 0.2) is 0 Å². The van der Waals surface area contributed by atoms with Gasteiger partial charge in [-0.25, -0.2) is 0 Å². The van der Waals surface area contributed by atoms with Crippen LogP contribution in [0.4, 0.5) is 0 Å². The van der Waals surface area contributed by atoms with E-state index in [-0.39, 0.29) is 62.2 Å². The third-order valence-corrected chi connectivity index (χ3v) is 6.51. The second-order valence-electron chi connectivity index (χ2n) is 9.53. The smallest absolute Gasteiger partial charge is 0.661 e. The van der Waals surface area contributed by atoms with Crippen molar-refractivity contribution in [3.05, 3.63) is 21.3 Å². The summed E-state index contributed by atoms with van der Waals surface area (Å²) in [6.45, 7) is 4.38. The van der Waals surface area contributed by atoms with Gasteiger partial charge in [0.2, 0.25) is 25.2 Å². The predicted molar refractivity (Wildman–Crippen MR) is 144 cm³/mol. The third kappa shape index (κ3) is 26.0. The van der Waals surface area contributed by atoms with Crippen molar-refractivity contribution in [2.45, 2.75) is 126 Å². The average Bonchev–Trinajstić information content (AvgIpc) is 2.92. The molecule has 261 valence electrons. The van der Waals surface area contributed by atoms with E-state index < -0.39 is 25.2 Å². The largest absolute Gasteiger partial charge is 2.00 e. The Morgan fingerprint density at radius 1 is 0.366 bits per heavy atom. The molecule has 4 aliphatic heterocycles. The first-order chi connectivity index (χ1) is 17.2. The van der Waals surface area contributed by atoms with Crippen molar-refractivity contribution in [2.24, 2.45) is 0 Å². The van der Waals surface area contributed by atoms with Crippen LogP contribution in [-0.4, -0.2) is 127 Å². The van der Waals surface area contributed by atoms with Crippen LogP contribution in [0.15, 0.2) is 0 Å². The standard InChI is InChI=1S/2C10H18N2.2C2H6O4.3Cu.2H2O/c2*1-3-7-11-9(5-1)10-6-2-4-8-12-10;2*3-1(4)2(5)6;;;;;/h2*9-10H,1-8H2;2*1-6H;;;;2*1H2/q2*-2;;;;2*+2;;. The average molecular weight is 747 g/mol. The van der Waals surface area contributed by atoms with Crippen LogP contribution in [0.3, 0.4) is 0 Å². The molecule has 0 aromatic rings. The molecule has 0 aliphatic carbocycles. The Morgan fingerprint density at radius 3 is 0.634 bits per heavy atom. The Morgan fingerprint density at radius 2 is 0.537 bits per heavy atom. The van der Waals surface area contributed by atoms with Gasteiger partial charge >= 0.3 is 34.1 Å². The fraction of sp³-hybridized carbons (Fsp3) is 1.00. The Hall–Kier alpha value is 0.998. The summed E-state index contributed by atoms with van der Waals surface area (Å²) in [6.07, 6.45) is 7.79. The minimum atomic E-state index is -2.04. The van der Waals surface area contributed by atoms with Crippen LogP contribution in [0, 0.1) is 0 Å². The normalized spacial score (nSPS) is 25.5. The van der Waals surface area contributed by atoms with E-state index in [9.17, 15) is 0 Å². The number of aliphatic hydroxyl groups is 8. The summed E-state index contributed by atoms with van der Waals surface area (Å²) in [5.74, 6) is 0. The molecular weight excluding hydrogens is 695 g/mol. The molecule has 4 saturated heterocycles. The minimum absolute atomic E-state index is 0. The van der Waals surface area contributed by atoms with Gasteiger partial charge in [0.05, 0.1) is 0 Å². The first-order valence-electron chi connectivity index (χ1n) is 13.3. The fourth-order valence-corrected chi connectivity index (χ4v) is 4.51. The molecule has 17 heteroatoms. The maximum atomic E-state index is 7.69. The summed E-state index contributed by atoms with van der Waals surface area (Å²) in [5.41, 5.74) is 0. The Kier molecular flexibility index (Phi) is 40.7. The van der Waals surface area contributed by atoms with Crippen LogP contribution >= 0.6 is 0 Å². The monoisotopic (exact) mass is 745 g/mol. The van der Waals surface area contributed by atoms with Gasteiger partial charge in [-0.05, 0) is 0 Å². The fourth-order valence-electron chi connectivity index (χ4n) is 4.51. The Bertz CT molecular complexity index is 424. The summed E-state index contributed by atoms with van der Waals surface area (Å²) >= 11 is 0. The number of hydrogen-bond donors (Lipinski definition) is 8. The molecule has 4 heterocycles. The van der Waals surface area contributed by atoms with Gasteiger partial charge < -0.3 is 73.1 Å². The molecule has 4 aliphatic rings. The Balaban J connectivity index is -0.000000142. The van der Waals surface area contributed by atoms with Gasteiger partial charge in [-0.2, -0.15) is 24.2 Å². The number of aliphatic hydroxyl groups excluding tert-OH is 4. The van der Waals surface area contributed by atoms with Crippen LogP contribution in [-0.2, 0) is 51.2 Å². The van der Waals surface area contributed by atoms with Crippen molar-refractivity contribution in [3.8, 4) is 0 Å². The van der Waals surface area contributed by atoms with Gasteiger partial charge in [-0.3, -0.25) is 0 Å². The maximum absolute atomic E-state index is 7.69. The predicted octanol–water partition coefficient (Wildman–Crippen LogP) is -0.764. The van der Waals surface area contributed by atoms with Crippen LogP contribution in [0.2, 0.25) is 0 Å². The SMILES string of the molecule is C1CCC(C2CCCC[N-]2)[N-]C1.C1CCC(C2CCCC[N-]2)[N-]C1.O.O.OC(O)C(O)O.OC(O)C(O)O.[Cu+2].[Cu+2].[Cu]. The van der Waals surface area contributed by atoms with Crippen molar-refractivity contribution in [2.75, 3.05) is 26.2 Å². The summed E-state index contributed by atoms with van der Waals surface area (Å²) in [6, 6.07) is 2.39. The van der Waals surface area contributed by atoms with E-state index in [1.807, 2.05) is 0 Å². The van der Waals surface area contributed by atoms with Gasteiger partial charge in [-0.15, -0.1) is 26.2 Å². The first-order valence-corrected chi connectivity index (χ1v) is 13.3. The molecule has 0 saturated carbocycles. The molecule has 0 aromatic carbocycles.